The number of carbonyl (C=O) groups is 1. The van der Waals surface area contributed by atoms with Gasteiger partial charge in [0, 0.05) is 31.9 Å². The second-order valence-corrected chi connectivity index (χ2v) is 7.93. The van der Waals surface area contributed by atoms with Crippen molar-refractivity contribution in [3.05, 3.63) is 60.2 Å². The number of carbonyl (C=O) groups excluding carboxylic acids is 1. The van der Waals surface area contributed by atoms with Crippen LogP contribution in [0, 0.1) is 0 Å². The molecule has 1 amide bonds. The molecule has 1 aromatic heterocycles. The Morgan fingerprint density at radius 1 is 1.14 bits per heavy atom. The summed E-state index contributed by atoms with van der Waals surface area (Å²) in [7, 11) is 4.03. The van der Waals surface area contributed by atoms with Gasteiger partial charge in [-0.15, -0.1) is 10.2 Å². The molecule has 0 aliphatic carbocycles. The maximum atomic E-state index is 12.4. The Bertz CT molecular complexity index is 955. The van der Waals surface area contributed by atoms with Gasteiger partial charge in [-0.25, -0.2) is 0 Å². The van der Waals surface area contributed by atoms with Crippen LogP contribution in [0.5, 0.6) is 0 Å². The third-order valence-electron chi connectivity index (χ3n) is 4.66. The molecular weight excluding hydrogens is 382 g/mol. The van der Waals surface area contributed by atoms with Crippen LogP contribution in [0.25, 0.3) is 11.4 Å². The third-order valence-corrected chi connectivity index (χ3v) is 5.63. The maximum absolute atomic E-state index is 12.4. The molecule has 0 radical (unpaired) electrons. The van der Waals surface area contributed by atoms with Crippen LogP contribution in [0.2, 0.25) is 0 Å². The maximum Gasteiger partial charge on any atom is 0.230 e. The second-order valence-electron chi connectivity index (χ2n) is 6.98. The van der Waals surface area contributed by atoms with E-state index in [9.17, 15) is 4.79 Å². The highest BCUT2D eigenvalue weighted by Gasteiger charge is 2.16. The number of nitrogens with zero attached hydrogens (tertiary/aromatic N) is 4. The van der Waals surface area contributed by atoms with Crippen molar-refractivity contribution >= 4 is 23.4 Å². The second kappa shape index (κ2) is 9.60. The van der Waals surface area contributed by atoms with Gasteiger partial charge in [-0.2, -0.15) is 0 Å². The van der Waals surface area contributed by atoms with E-state index >= 15 is 0 Å². The number of rotatable bonds is 8. The van der Waals surface area contributed by atoms with Gasteiger partial charge in [-0.3, -0.25) is 4.79 Å². The Hall–Kier alpha value is -2.80. The van der Waals surface area contributed by atoms with Crippen molar-refractivity contribution in [3.63, 3.8) is 0 Å². The van der Waals surface area contributed by atoms with E-state index in [-0.39, 0.29) is 11.9 Å². The van der Waals surface area contributed by atoms with Gasteiger partial charge < -0.3 is 14.8 Å². The lowest BCUT2D eigenvalue weighted by Crippen LogP contribution is -2.28. The Kier molecular flexibility index (Phi) is 6.93. The van der Waals surface area contributed by atoms with Crippen molar-refractivity contribution in [2.75, 3.05) is 24.7 Å². The fourth-order valence-corrected chi connectivity index (χ4v) is 3.87. The van der Waals surface area contributed by atoms with Gasteiger partial charge in [0.15, 0.2) is 11.0 Å². The number of thioether (sulfide) groups is 1. The predicted octanol–water partition coefficient (Wildman–Crippen LogP) is 4.00. The van der Waals surface area contributed by atoms with Crippen molar-refractivity contribution in [1.29, 1.82) is 0 Å². The van der Waals surface area contributed by atoms with Crippen LogP contribution < -0.4 is 10.2 Å². The number of benzene rings is 2. The minimum atomic E-state index is -0.0299. The van der Waals surface area contributed by atoms with E-state index in [1.54, 1.807) is 0 Å². The number of anilines is 1. The minimum absolute atomic E-state index is 0.0202. The molecule has 1 unspecified atom stereocenters. The lowest BCUT2D eigenvalue weighted by molar-refractivity contribution is -0.119. The zero-order valence-electron chi connectivity index (χ0n) is 17.3. The molecule has 3 aromatic rings. The quantitative estimate of drug-likeness (QED) is 0.570. The first-order valence-electron chi connectivity index (χ1n) is 9.67. The highest BCUT2D eigenvalue weighted by atomic mass is 32.2. The minimum Gasteiger partial charge on any atom is -0.378 e. The largest absolute Gasteiger partial charge is 0.378 e. The molecule has 3 rings (SSSR count). The molecule has 0 bridgehead atoms. The highest BCUT2D eigenvalue weighted by molar-refractivity contribution is 7.99. The van der Waals surface area contributed by atoms with Gasteiger partial charge in [0.05, 0.1) is 11.8 Å². The smallest absolute Gasteiger partial charge is 0.230 e. The average Bonchev–Trinajstić information content (AvgIpc) is 3.16. The van der Waals surface area contributed by atoms with Gasteiger partial charge in [0.2, 0.25) is 5.91 Å². The summed E-state index contributed by atoms with van der Waals surface area (Å²) in [6, 6.07) is 18.1. The molecule has 0 aliphatic heterocycles. The van der Waals surface area contributed by atoms with Crippen molar-refractivity contribution in [2.24, 2.45) is 0 Å². The summed E-state index contributed by atoms with van der Waals surface area (Å²) in [5.41, 5.74) is 3.21. The molecule has 1 heterocycles. The highest BCUT2D eigenvalue weighted by Crippen LogP contribution is 2.26. The Morgan fingerprint density at radius 2 is 1.90 bits per heavy atom. The van der Waals surface area contributed by atoms with Gasteiger partial charge in [0.25, 0.3) is 0 Å². The molecular formula is C22H27N5OS. The molecule has 152 valence electrons. The van der Waals surface area contributed by atoms with E-state index in [1.165, 1.54) is 11.8 Å². The molecule has 7 heteroatoms. The van der Waals surface area contributed by atoms with E-state index in [4.69, 9.17) is 0 Å². The summed E-state index contributed by atoms with van der Waals surface area (Å²) in [6.45, 7) is 4.78. The first-order valence-corrected chi connectivity index (χ1v) is 10.7. The summed E-state index contributed by atoms with van der Waals surface area (Å²) in [5, 5.41) is 12.5. The third kappa shape index (κ3) is 5.17. The van der Waals surface area contributed by atoms with E-state index in [0.29, 0.717) is 5.75 Å². The number of aromatic nitrogens is 3. The van der Waals surface area contributed by atoms with E-state index in [1.807, 2.05) is 68.1 Å². The predicted molar refractivity (Wildman–Crippen MR) is 119 cm³/mol. The average molecular weight is 410 g/mol. The van der Waals surface area contributed by atoms with E-state index in [0.717, 1.165) is 34.3 Å². The molecule has 2 aromatic carbocycles. The molecule has 0 saturated carbocycles. The fraction of sp³-hybridized carbons (Fsp3) is 0.318. The van der Waals surface area contributed by atoms with Gasteiger partial charge in [-0.1, -0.05) is 54.2 Å². The van der Waals surface area contributed by atoms with Gasteiger partial charge >= 0.3 is 0 Å². The van der Waals surface area contributed by atoms with Crippen LogP contribution in [0.15, 0.2) is 59.8 Å². The molecule has 1 atom stereocenters. The number of hydrogen-bond acceptors (Lipinski definition) is 5. The standard InChI is InChI=1S/C22H27N5OS/c1-5-27-21(18-12-9-13-19(14-18)26(3)4)24-25-22(27)29-15-20(28)23-16(2)17-10-7-6-8-11-17/h6-14,16H,5,15H2,1-4H3,(H,23,28). The number of nitrogens with one attached hydrogen (secondary N) is 1. The summed E-state index contributed by atoms with van der Waals surface area (Å²) < 4.78 is 2.05. The van der Waals surface area contributed by atoms with Crippen LogP contribution in [0.4, 0.5) is 5.69 Å². The van der Waals surface area contributed by atoms with Crippen LogP contribution in [-0.4, -0.2) is 40.5 Å². The monoisotopic (exact) mass is 409 g/mol. The lowest BCUT2D eigenvalue weighted by Gasteiger charge is -2.14. The first-order chi connectivity index (χ1) is 14.0. The summed E-state index contributed by atoms with van der Waals surface area (Å²) in [5.74, 6) is 1.09. The van der Waals surface area contributed by atoms with E-state index < -0.39 is 0 Å². The summed E-state index contributed by atoms with van der Waals surface area (Å²) >= 11 is 1.41. The molecule has 0 aliphatic rings. The molecule has 0 saturated heterocycles. The van der Waals surface area contributed by atoms with E-state index in [2.05, 4.69) is 39.5 Å². The van der Waals surface area contributed by atoms with Gasteiger partial charge in [-0.05, 0) is 31.5 Å². The first kappa shape index (κ1) is 20.9. The van der Waals surface area contributed by atoms with Crippen LogP contribution in [-0.2, 0) is 11.3 Å². The normalized spacial score (nSPS) is 11.9. The number of amides is 1. The molecule has 0 spiro atoms. The Morgan fingerprint density at radius 3 is 2.59 bits per heavy atom. The SMILES string of the molecule is CCn1c(SCC(=O)NC(C)c2ccccc2)nnc1-c1cccc(N(C)C)c1. The van der Waals surface area contributed by atoms with Crippen molar-refractivity contribution in [1.82, 2.24) is 20.1 Å². The zero-order chi connectivity index (χ0) is 20.8. The Balaban J connectivity index is 1.68. The van der Waals surface area contributed by atoms with Crippen LogP contribution in [0.1, 0.15) is 25.5 Å². The lowest BCUT2D eigenvalue weighted by atomic mass is 10.1. The topological polar surface area (TPSA) is 63.1 Å². The fourth-order valence-electron chi connectivity index (χ4n) is 3.06. The van der Waals surface area contributed by atoms with Crippen LogP contribution in [0.3, 0.4) is 0 Å². The number of hydrogen-bond donors (Lipinski definition) is 1. The summed E-state index contributed by atoms with van der Waals surface area (Å²) in [6.07, 6.45) is 0. The van der Waals surface area contributed by atoms with Gasteiger partial charge in [0.1, 0.15) is 0 Å². The molecule has 1 N–H and O–H groups in total. The zero-order valence-corrected chi connectivity index (χ0v) is 18.1. The van der Waals surface area contributed by atoms with Crippen molar-refractivity contribution < 1.29 is 4.79 Å². The molecule has 0 fully saturated rings. The summed E-state index contributed by atoms with van der Waals surface area (Å²) in [4.78, 5) is 14.5. The van der Waals surface area contributed by atoms with Crippen molar-refractivity contribution in [2.45, 2.75) is 31.6 Å². The Labute approximate surface area is 176 Å². The molecule has 6 nitrogen and oxygen atoms in total. The molecule has 29 heavy (non-hydrogen) atoms. The van der Waals surface area contributed by atoms with Crippen LogP contribution >= 0.6 is 11.8 Å². The van der Waals surface area contributed by atoms with Crippen molar-refractivity contribution in [3.8, 4) is 11.4 Å².